The average Bonchev–Trinajstić information content (AvgIpc) is 2.31. The van der Waals surface area contributed by atoms with E-state index in [1.54, 1.807) is 0 Å². The second-order valence-electron chi connectivity index (χ2n) is 3.46. The van der Waals surface area contributed by atoms with E-state index in [1.165, 1.54) is 5.56 Å². The van der Waals surface area contributed by atoms with Crippen molar-refractivity contribution in [2.75, 3.05) is 0 Å². The molecule has 0 aliphatic heterocycles. The van der Waals surface area contributed by atoms with E-state index in [-0.39, 0.29) is 6.10 Å². The van der Waals surface area contributed by atoms with Gasteiger partial charge in [0.05, 0.1) is 12.7 Å². The first-order chi connectivity index (χ1) is 7.36. The predicted molar refractivity (Wildman–Crippen MR) is 63.4 cm³/mol. The van der Waals surface area contributed by atoms with Gasteiger partial charge in [-0.3, -0.25) is 0 Å². The highest BCUT2D eigenvalue weighted by atomic mass is 16.5. The largest absolute Gasteiger partial charge is 0.373 e. The molecule has 1 rings (SSSR count). The Hall–Kier alpha value is -1.26. The van der Waals surface area contributed by atoms with Crippen LogP contribution in [0.1, 0.15) is 32.3 Å². The molecule has 0 bridgehead atoms. The predicted octanol–water partition coefficient (Wildman–Crippen LogP) is 3.40. The Balaban J connectivity index is 2.36. The van der Waals surface area contributed by atoms with Crippen molar-refractivity contribution in [1.82, 2.24) is 0 Å². The molecule has 1 aromatic carbocycles. The van der Waals surface area contributed by atoms with Crippen molar-refractivity contribution in [2.45, 2.75) is 39.4 Å². The molecule has 80 valence electrons. The molecule has 0 radical (unpaired) electrons. The number of benzene rings is 1. The van der Waals surface area contributed by atoms with Crippen molar-refractivity contribution < 1.29 is 4.74 Å². The monoisotopic (exact) mass is 202 g/mol. The fourth-order valence-corrected chi connectivity index (χ4v) is 1.33. The molecule has 0 aliphatic rings. The Morgan fingerprint density at radius 2 is 2.00 bits per heavy atom. The second kappa shape index (κ2) is 7.09. The Labute approximate surface area is 92.5 Å². The van der Waals surface area contributed by atoms with Crippen LogP contribution in [-0.4, -0.2) is 6.10 Å². The summed E-state index contributed by atoms with van der Waals surface area (Å²) in [5, 5.41) is 0. The molecular weight excluding hydrogens is 184 g/mol. The van der Waals surface area contributed by atoms with Crippen molar-refractivity contribution in [1.29, 1.82) is 0 Å². The first-order valence-corrected chi connectivity index (χ1v) is 5.42. The molecule has 0 unspecified atom stereocenters. The maximum Gasteiger partial charge on any atom is 0.0721 e. The molecule has 0 saturated heterocycles. The van der Waals surface area contributed by atoms with Gasteiger partial charge in [-0.1, -0.05) is 37.3 Å². The minimum absolute atomic E-state index is 0.262. The SMILES string of the molecule is CC#CC[C@H](CC)OCc1ccccc1. The van der Waals surface area contributed by atoms with Crippen LogP contribution in [0.5, 0.6) is 0 Å². The quantitative estimate of drug-likeness (QED) is 0.665. The molecular formula is C14H18O. The normalized spacial score (nSPS) is 11.6. The summed E-state index contributed by atoms with van der Waals surface area (Å²) in [7, 11) is 0. The van der Waals surface area contributed by atoms with E-state index in [0.717, 1.165) is 12.8 Å². The molecule has 0 spiro atoms. The lowest BCUT2D eigenvalue weighted by Crippen LogP contribution is -2.10. The van der Waals surface area contributed by atoms with E-state index in [4.69, 9.17) is 4.74 Å². The molecule has 0 heterocycles. The Morgan fingerprint density at radius 1 is 1.27 bits per heavy atom. The zero-order valence-electron chi connectivity index (χ0n) is 9.49. The zero-order valence-corrected chi connectivity index (χ0v) is 9.49. The minimum Gasteiger partial charge on any atom is -0.373 e. The van der Waals surface area contributed by atoms with Crippen LogP contribution in [0.25, 0.3) is 0 Å². The van der Waals surface area contributed by atoms with Gasteiger partial charge < -0.3 is 4.74 Å². The molecule has 0 fully saturated rings. The third kappa shape index (κ3) is 4.67. The summed E-state index contributed by atoms with van der Waals surface area (Å²) in [6, 6.07) is 10.2. The summed E-state index contributed by atoms with van der Waals surface area (Å²) in [6.45, 7) is 4.68. The third-order valence-electron chi connectivity index (χ3n) is 2.29. The van der Waals surface area contributed by atoms with E-state index >= 15 is 0 Å². The fraction of sp³-hybridized carbons (Fsp3) is 0.429. The third-order valence-corrected chi connectivity index (χ3v) is 2.29. The Bertz CT molecular complexity index is 318. The van der Waals surface area contributed by atoms with Gasteiger partial charge >= 0.3 is 0 Å². The number of hydrogen-bond donors (Lipinski definition) is 0. The number of rotatable bonds is 5. The summed E-state index contributed by atoms with van der Waals surface area (Å²) in [4.78, 5) is 0. The molecule has 0 N–H and O–H groups in total. The van der Waals surface area contributed by atoms with E-state index in [2.05, 4.69) is 30.9 Å². The standard InChI is InChI=1S/C14H18O/c1-3-5-11-14(4-2)15-12-13-9-7-6-8-10-13/h6-10,14H,4,11-12H2,1-2H3/t14-/m0/s1. The van der Waals surface area contributed by atoms with Crippen LogP contribution in [-0.2, 0) is 11.3 Å². The van der Waals surface area contributed by atoms with Crippen molar-refractivity contribution in [3.63, 3.8) is 0 Å². The van der Waals surface area contributed by atoms with Gasteiger partial charge in [-0.15, -0.1) is 11.8 Å². The highest BCUT2D eigenvalue weighted by molar-refractivity contribution is 5.13. The number of hydrogen-bond acceptors (Lipinski definition) is 1. The molecule has 0 saturated carbocycles. The smallest absolute Gasteiger partial charge is 0.0721 e. The van der Waals surface area contributed by atoms with Gasteiger partial charge in [-0.05, 0) is 18.9 Å². The molecule has 1 aromatic rings. The van der Waals surface area contributed by atoms with E-state index in [0.29, 0.717) is 6.61 Å². The highest BCUT2D eigenvalue weighted by Gasteiger charge is 2.04. The first kappa shape index (κ1) is 11.8. The topological polar surface area (TPSA) is 9.23 Å². The first-order valence-electron chi connectivity index (χ1n) is 5.42. The number of ether oxygens (including phenoxy) is 1. The molecule has 0 aliphatic carbocycles. The highest BCUT2D eigenvalue weighted by Crippen LogP contribution is 2.08. The van der Waals surface area contributed by atoms with Crippen molar-refractivity contribution >= 4 is 0 Å². The molecule has 1 atom stereocenters. The lowest BCUT2D eigenvalue weighted by molar-refractivity contribution is 0.0416. The zero-order chi connectivity index (χ0) is 10.9. The lowest BCUT2D eigenvalue weighted by Gasteiger charge is -2.13. The average molecular weight is 202 g/mol. The van der Waals surface area contributed by atoms with Gasteiger partial charge in [0.1, 0.15) is 0 Å². The van der Waals surface area contributed by atoms with Crippen LogP contribution < -0.4 is 0 Å². The molecule has 15 heavy (non-hydrogen) atoms. The second-order valence-corrected chi connectivity index (χ2v) is 3.46. The van der Waals surface area contributed by atoms with Crippen LogP contribution >= 0.6 is 0 Å². The summed E-state index contributed by atoms with van der Waals surface area (Å²) in [5.74, 6) is 5.96. The van der Waals surface area contributed by atoms with Crippen LogP contribution in [0, 0.1) is 11.8 Å². The maximum atomic E-state index is 5.78. The van der Waals surface area contributed by atoms with E-state index in [9.17, 15) is 0 Å². The van der Waals surface area contributed by atoms with Crippen LogP contribution in [0.3, 0.4) is 0 Å². The summed E-state index contributed by atoms with van der Waals surface area (Å²) in [5.41, 5.74) is 1.22. The molecule has 1 heteroatoms. The summed E-state index contributed by atoms with van der Waals surface area (Å²) in [6.07, 6.45) is 2.11. The Morgan fingerprint density at radius 3 is 2.60 bits per heavy atom. The summed E-state index contributed by atoms with van der Waals surface area (Å²) < 4.78 is 5.78. The van der Waals surface area contributed by atoms with Crippen molar-refractivity contribution in [3.05, 3.63) is 35.9 Å². The molecule has 0 amide bonds. The van der Waals surface area contributed by atoms with Gasteiger partial charge in [0, 0.05) is 6.42 Å². The van der Waals surface area contributed by atoms with Gasteiger partial charge in [0.25, 0.3) is 0 Å². The van der Waals surface area contributed by atoms with Crippen LogP contribution in [0.4, 0.5) is 0 Å². The van der Waals surface area contributed by atoms with Crippen LogP contribution in [0.2, 0.25) is 0 Å². The van der Waals surface area contributed by atoms with Crippen molar-refractivity contribution in [2.24, 2.45) is 0 Å². The van der Waals surface area contributed by atoms with Gasteiger partial charge in [-0.2, -0.15) is 0 Å². The van der Waals surface area contributed by atoms with Gasteiger partial charge in [0.2, 0.25) is 0 Å². The fourth-order valence-electron chi connectivity index (χ4n) is 1.33. The Kier molecular flexibility index (Phi) is 5.58. The van der Waals surface area contributed by atoms with Crippen LogP contribution in [0.15, 0.2) is 30.3 Å². The van der Waals surface area contributed by atoms with Crippen molar-refractivity contribution in [3.8, 4) is 11.8 Å². The molecule has 1 nitrogen and oxygen atoms in total. The van der Waals surface area contributed by atoms with E-state index in [1.807, 2.05) is 25.1 Å². The van der Waals surface area contributed by atoms with Gasteiger partial charge in [-0.25, -0.2) is 0 Å². The summed E-state index contributed by atoms with van der Waals surface area (Å²) >= 11 is 0. The maximum absolute atomic E-state index is 5.78. The van der Waals surface area contributed by atoms with E-state index < -0.39 is 0 Å². The minimum atomic E-state index is 0.262. The molecule has 0 aromatic heterocycles. The van der Waals surface area contributed by atoms with Gasteiger partial charge in [0.15, 0.2) is 0 Å². The lowest BCUT2D eigenvalue weighted by atomic mass is 10.2.